The van der Waals surface area contributed by atoms with Crippen LogP contribution in [-0.2, 0) is 0 Å². The van der Waals surface area contributed by atoms with Crippen LogP contribution in [0.5, 0.6) is 0 Å². The van der Waals surface area contributed by atoms with Crippen LogP contribution in [0.2, 0.25) is 0 Å². The standard InChI is InChI=1S/C9H12/c1-3-5-7-9-8-6-4-2/h3,6,8-9H,1-2,5,7H2. The van der Waals surface area contributed by atoms with Crippen LogP contribution in [0.1, 0.15) is 12.8 Å². The van der Waals surface area contributed by atoms with E-state index >= 15 is 0 Å². The minimum atomic E-state index is 1.04. The molecule has 0 fully saturated rings. The average molecular weight is 120 g/mol. The van der Waals surface area contributed by atoms with E-state index in [1.54, 1.807) is 6.08 Å². The van der Waals surface area contributed by atoms with Crippen LogP contribution in [0.3, 0.4) is 0 Å². The number of rotatable bonds is 4. The smallest absolute Gasteiger partial charge is 0.0209 e. The van der Waals surface area contributed by atoms with Gasteiger partial charge in [0.2, 0.25) is 0 Å². The Labute approximate surface area is 56.9 Å². The summed E-state index contributed by atoms with van der Waals surface area (Å²) in [6.07, 6.45) is 9.81. The molecule has 0 nitrogen and oxygen atoms in total. The monoisotopic (exact) mass is 120 g/mol. The third kappa shape index (κ3) is 7.00. The van der Waals surface area contributed by atoms with Crippen LogP contribution in [0.4, 0.5) is 0 Å². The van der Waals surface area contributed by atoms with E-state index in [2.05, 4.69) is 25.0 Å². The Balaban J connectivity index is 3.24. The van der Waals surface area contributed by atoms with E-state index in [0.29, 0.717) is 0 Å². The molecule has 0 aromatic heterocycles. The zero-order valence-corrected chi connectivity index (χ0v) is 5.64. The van der Waals surface area contributed by atoms with Crippen LogP contribution >= 0.6 is 0 Å². The Morgan fingerprint density at radius 2 is 2.11 bits per heavy atom. The molecule has 0 amide bonds. The molecular weight excluding hydrogens is 108 g/mol. The highest BCUT2D eigenvalue weighted by molar-refractivity contribution is 5.00. The Bertz CT molecular complexity index is 134. The van der Waals surface area contributed by atoms with E-state index in [4.69, 9.17) is 0 Å². The quantitative estimate of drug-likeness (QED) is 0.231. The van der Waals surface area contributed by atoms with Crippen LogP contribution in [0.25, 0.3) is 0 Å². The average Bonchev–Trinajstić information content (AvgIpc) is 1.89. The number of allylic oxidation sites excluding steroid dienone is 4. The van der Waals surface area contributed by atoms with Gasteiger partial charge in [0.05, 0.1) is 0 Å². The molecule has 0 bridgehead atoms. The predicted octanol–water partition coefficient (Wildman–Crippen LogP) is 2.85. The number of hydrogen-bond donors (Lipinski definition) is 0. The second-order valence-corrected chi connectivity index (χ2v) is 1.66. The zero-order valence-electron chi connectivity index (χ0n) is 5.64. The highest BCUT2D eigenvalue weighted by atomic mass is 13.8. The van der Waals surface area contributed by atoms with Crippen LogP contribution in [0, 0.1) is 0 Å². The Morgan fingerprint density at radius 3 is 2.67 bits per heavy atom. The van der Waals surface area contributed by atoms with Gasteiger partial charge in [-0.05, 0) is 18.9 Å². The maximum Gasteiger partial charge on any atom is -0.0209 e. The Morgan fingerprint density at radius 1 is 1.33 bits per heavy atom. The number of hydrogen-bond acceptors (Lipinski definition) is 0. The lowest BCUT2D eigenvalue weighted by Gasteiger charge is -1.79. The van der Waals surface area contributed by atoms with Crippen LogP contribution in [-0.4, -0.2) is 0 Å². The number of unbranched alkanes of at least 4 members (excludes halogenated alkanes) is 1. The Hall–Kier alpha value is -1.00. The minimum Gasteiger partial charge on any atom is -0.129 e. The topological polar surface area (TPSA) is 0 Å². The summed E-state index contributed by atoms with van der Waals surface area (Å²) >= 11 is 0. The van der Waals surface area contributed by atoms with Gasteiger partial charge >= 0.3 is 0 Å². The molecule has 0 saturated carbocycles. The largest absolute Gasteiger partial charge is 0.129 e. The fourth-order valence-electron chi connectivity index (χ4n) is 0.446. The molecule has 0 heteroatoms. The second-order valence-electron chi connectivity index (χ2n) is 1.66. The van der Waals surface area contributed by atoms with Gasteiger partial charge < -0.3 is 0 Å². The first-order chi connectivity index (χ1) is 4.41. The predicted molar refractivity (Wildman–Crippen MR) is 42.3 cm³/mol. The molecular formula is C9H12. The van der Waals surface area contributed by atoms with Crippen molar-refractivity contribution >= 4 is 0 Å². The molecule has 0 aliphatic rings. The highest BCUT2D eigenvalue weighted by Crippen LogP contribution is 1.90. The van der Waals surface area contributed by atoms with Gasteiger partial charge in [-0.3, -0.25) is 0 Å². The van der Waals surface area contributed by atoms with Crippen molar-refractivity contribution in [3.63, 3.8) is 0 Å². The van der Waals surface area contributed by atoms with E-state index in [-0.39, 0.29) is 0 Å². The van der Waals surface area contributed by atoms with Gasteiger partial charge in [-0.2, -0.15) is 0 Å². The third-order valence-corrected chi connectivity index (χ3v) is 0.888. The van der Waals surface area contributed by atoms with Crippen LogP contribution < -0.4 is 0 Å². The lowest BCUT2D eigenvalue weighted by Crippen LogP contribution is -1.59. The van der Waals surface area contributed by atoms with E-state index < -0.39 is 0 Å². The van der Waals surface area contributed by atoms with Crippen molar-refractivity contribution in [3.8, 4) is 0 Å². The van der Waals surface area contributed by atoms with Crippen molar-refractivity contribution in [2.75, 3.05) is 0 Å². The molecule has 0 saturated heterocycles. The third-order valence-electron chi connectivity index (χ3n) is 0.888. The zero-order chi connectivity index (χ0) is 6.95. The normalized spacial score (nSPS) is 8.89. The fourth-order valence-corrected chi connectivity index (χ4v) is 0.446. The maximum absolute atomic E-state index is 3.61. The molecule has 48 valence electrons. The van der Waals surface area contributed by atoms with Gasteiger partial charge in [0.1, 0.15) is 0 Å². The van der Waals surface area contributed by atoms with Crippen molar-refractivity contribution in [1.82, 2.24) is 0 Å². The van der Waals surface area contributed by atoms with Gasteiger partial charge in [-0.1, -0.05) is 24.8 Å². The van der Waals surface area contributed by atoms with Crippen molar-refractivity contribution < 1.29 is 0 Å². The molecule has 0 aromatic carbocycles. The molecule has 0 N–H and O–H groups in total. The first kappa shape index (κ1) is 8.00. The fraction of sp³-hybridized carbons (Fsp3) is 0.222. The maximum atomic E-state index is 3.61. The Kier molecular flexibility index (Phi) is 6.22. The van der Waals surface area contributed by atoms with E-state index in [9.17, 15) is 0 Å². The summed E-state index contributed by atoms with van der Waals surface area (Å²) in [5.74, 6) is 0. The van der Waals surface area contributed by atoms with Crippen molar-refractivity contribution in [3.05, 3.63) is 43.2 Å². The summed E-state index contributed by atoms with van der Waals surface area (Å²) in [5, 5.41) is 0. The molecule has 0 spiro atoms. The molecule has 0 atom stereocenters. The van der Waals surface area contributed by atoms with Gasteiger partial charge in [0.25, 0.3) is 0 Å². The summed E-state index contributed by atoms with van der Waals surface area (Å²) in [4.78, 5) is 0. The van der Waals surface area contributed by atoms with E-state index in [1.807, 2.05) is 12.2 Å². The first-order valence-electron chi connectivity index (χ1n) is 3.03. The summed E-state index contributed by atoms with van der Waals surface area (Å²) in [5.41, 5.74) is 2.66. The van der Waals surface area contributed by atoms with Crippen molar-refractivity contribution in [1.29, 1.82) is 0 Å². The summed E-state index contributed by atoms with van der Waals surface area (Å²) in [7, 11) is 0. The summed E-state index contributed by atoms with van der Waals surface area (Å²) < 4.78 is 0. The summed E-state index contributed by atoms with van der Waals surface area (Å²) in [6, 6.07) is 0. The summed E-state index contributed by atoms with van der Waals surface area (Å²) in [6.45, 7) is 7.03. The SMILES string of the molecule is C=C=CC=CCCC=C. The molecule has 0 rings (SSSR count). The molecule has 0 aliphatic heterocycles. The highest BCUT2D eigenvalue weighted by Gasteiger charge is 1.69. The second kappa shape index (κ2) is 7.00. The minimum absolute atomic E-state index is 1.04. The van der Waals surface area contributed by atoms with Gasteiger partial charge in [0.15, 0.2) is 0 Å². The van der Waals surface area contributed by atoms with Crippen molar-refractivity contribution in [2.45, 2.75) is 12.8 Å². The molecule has 0 unspecified atom stereocenters. The molecule has 0 aliphatic carbocycles. The van der Waals surface area contributed by atoms with Crippen LogP contribution in [0.15, 0.2) is 43.2 Å². The molecule has 0 radical (unpaired) electrons. The molecule has 0 aromatic rings. The van der Waals surface area contributed by atoms with E-state index in [0.717, 1.165) is 12.8 Å². The van der Waals surface area contributed by atoms with Gasteiger partial charge in [-0.25, -0.2) is 0 Å². The van der Waals surface area contributed by atoms with Crippen molar-refractivity contribution in [2.24, 2.45) is 0 Å². The molecule has 9 heavy (non-hydrogen) atoms. The first-order valence-corrected chi connectivity index (χ1v) is 3.03. The van der Waals surface area contributed by atoms with E-state index in [1.165, 1.54) is 0 Å². The molecule has 0 heterocycles. The van der Waals surface area contributed by atoms with Gasteiger partial charge in [0, 0.05) is 0 Å². The van der Waals surface area contributed by atoms with Gasteiger partial charge in [-0.15, -0.1) is 12.3 Å². The lowest BCUT2D eigenvalue weighted by molar-refractivity contribution is 1.06. The lowest BCUT2D eigenvalue weighted by atomic mass is 10.3.